The number of hydrogen-bond donors (Lipinski definition) is 0. The average molecular weight is 238 g/mol. The molecule has 0 aromatic heterocycles. The van der Waals surface area contributed by atoms with Gasteiger partial charge in [0.15, 0.2) is 0 Å². The Hall–Kier alpha value is -1.30. The third kappa shape index (κ3) is 1.75. The van der Waals surface area contributed by atoms with E-state index in [0.717, 1.165) is 0 Å². The van der Waals surface area contributed by atoms with Gasteiger partial charge in [0.05, 0.1) is 0 Å². The van der Waals surface area contributed by atoms with Crippen molar-refractivity contribution in [2.24, 2.45) is 5.92 Å². The molecule has 2 aliphatic rings. The topological polar surface area (TPSA) is 0 Å². The lowest BCUT2D eigenvalue weighted by molar-refractivity contribution is 0.584. The van der Waals surface area contributed by atoms with Gasteiger partial charge in [0.2, 0.25) is 0 Å². The lowest BCUT2D eigenvalue weighted by Crippen LogP contribution is -2.16. The number of allylic oxidation sites excluding steroid dienone is 4. The van der Waals surface area contributed by atoms with E-state index >= 15 is 0 Å². The summed E-state index contributed by atoms with van der Waals surface area (Å²) in [4.78, 5) is 0. The molecule has 1 saturated carbocycles. The van der Waals surface area contributed by atoms with Gasteiger partial charge < -0.3 is 0 Å². The first-order valence-corrected chi connectivity index (χ1v) is 7.14. The predicted molar refractivity (Wildman–Crippen MR) is 77.7 cm³/mol. The van der Waals surface area contributed by atoms with E-state index in [4.69, 9.17) is 0 Å². The third-order valence-corrected chi connectivity index (χ3v) is 4.89. The predicted octanol–water partition coefficient (Wildman–Crippen LogP) is 5.16. The highest BCUT2D eigenvalue weighted by Gasteiger charge is 2.29. The van der Waals surface area contributed by atoms with Crippen molar-refractivity contribution in [2.75, 3.05) is 0 Å². The van der Waals surface area contributed by atoms with Crippen LogP contribution in [0.5, 0.6) is 0 Å². The van der Waals surface area contributed by atoms with E-state index in [9.17, 15) is 0 Å². The maximum Gasteiger partial charge on any atom is 0.00894 e. The molecule has 1 aromatic carbocycles. The maximum absolute atomic E-state index is 2.56. The van der Waals surface area contributed by atoms with Gasteiger partial charge in [-0.05, 0) is 61.3 Å². The molecule has 0 saturated heterocycles. The van der Waals surface area contributed by atoms with E-state index in [-0.39, 0.29) is 0 Å². The van der Waals surface area contributed by atoms with Crippen LogP contribution in [-0.4, -0.2) is 0 Å². The van der Waals surface area contributed by atoms with Crippen LogP contribution in [-0.2, 0) is 0 Å². The molecule has 1 fully saturated rings. The monoisotopic (exact) mass is 238 g/mol. The second-order valence-electron chi connectivity index (χ2n) is 5.88. The Kier molecular flexibility index (Phi) is 2.89. The van der Waals surface area contributed by atoms with Gasteiger partial charge in [-0.15, -0.1) is 0 Å². The fourth-order valence-corrected chi connectivity index (χ4v) is 3.63. The van der Waals surface area contributed by atoms with Gasteiger partial charge >= 0.3 is 0 Å². The van der Waals surface area contributed by atoms with Crippen molar-refractivity contribution >= 4 is 0 Å². The molecule has 0 aliphatic heterocycles. The summed E-state index contributed by atoms with van der Waals surface area (Å²) < 4.78 is 0. The first-order valence-electron chi connectivity index (χ1n) is 7.14. The molecule has 2 aliphatic carbocycles. The molecule has 0 amide bonds. The average Bonchev–Trinajstić information content (AvgIpc) is 2.83. The van der Waals surface area contributed by atoms with Gasteiger partial charge in [0, 0.05) is 5.92 Å². The number of benzene rings is 1. The first-order chi connectivity index (χ1) is 8.68. The van der Waals surface area contributed by atoms with Crippen LogP contribution in [0.3, 0.4) is 0 Å². The van der Waals surface area contributed by atoms with Crippen molar-refractivity contribution in [3.05, 3.63) is 58.2 Å². The number of aryl methyl sites for hydroxylation is 1. The van der Waals surface area contributed by atoms with E-state index in [0.29, 0.717) is 11.8 Å². The SMILES string of the molecule is CC1=C2CCCC2=CC(c2ccccc2C)C1C. The molecule has 2 unspecified atom stereocenters. The highest BCUT2D eigenvalue weighted by Crippen LogP contribution is 2.45. The lowest BCUT2D eigenvalue weighted by atomic mass is 9.74. The first kappa shape index (κ1) is 11.8. The molecule has 18 heavy (non-hydrogen) atoms. The Balaban J connectivity index is 2.06. The van der Waals surface area contributed by atoms with Gasteiger partial charge in [-0.1, -0.05) is 42.8 Å². The summed E-state index contributed by atoms with van der Waals surface area (Å²) in [6.45, 7) is 6.98. The van der Waals surface area contributed by atoms with Crippen LogP contribution in [0.4, 0.5) is 0 Å². The van der Waals surface area contributed by atoms with Gasteiger partial charge in [0.25, 0.3) is 0 Å². The van der Waals surface area contributed by atoms with Crippen LogP contribution < -0.4 is 0 Å². The summed E-state index contributed by atoms with van der Waals surface area (Å²) in [5.41, 5.74) is 7.90. The third-order valence-electron chi connectivity index (χ3n) is 4.89. The zero-order chi connectivity index (χ0) is 12.7. The van der Waals surface area contributed by atoms with Crippen LogP contribution in [0.1, 0.15) is 50.2 Å². The fourth-order valence-electron chi connectivity index (χ4n) is 3.63. The van der Waals surface area contributed by atoms with Crippen molar-refractivity contribution in [2.45, 2.75) is 46.0 Å². The summed E-state index contributed by atoms with van der Waals surface area (Å²) in [5, 5.41) is 0. The molecule has 0 radical (unpaired) electrons. The van der Waals surface area contributed by atoms with E-state index < -0.39 is 0 Å². The molecule has 0 N–H and O–H groups in total. The molecular weight excluding hydrogens is 216 g/mol. The highest BCUT2D eigenvalue weighted by molar-refractivity contribution is 5.48. The normalized spacial score (nSPS) is 27.2. The molecule has 0 bridgehead atoms. The number of hydrogen-bond acceptors (Lipinski definition) is 0. The van der Waals surface area contributed by atoms with Gasteiger partial charge in [-0.2, -0.15) is 0 Å². The van der Waals surface area contributed by atoms with E-state index in [1.54, 1.807) is 16.7 Å². The molecule has 94 valence electrons. The van der Waals surface area contributed by atoms with Crippen molar-refractivity contribution in [3.63, 3.8) is 0 Å². The Morgan fingerprint density at radius 2 is 1.83 bits per heavy atom. The van der Waals surface area contributed by atoms with Crippen LogP contribution in [0.2, 0.25) is 0 Å². The molecule has 1 aromatic rings. The minimum atomic E-state index is 0.586. The molecule has 0 heteroatoms. The quantitative estimate of drug-likeness (QED) is 0.634. The summed E-state index contributed by atoms with van der Waals surface area (Å²) in [5.74, 6) is 1.24. The van der Waals surface area contributed by atoms with Crippen molar-refractivity contribution in [1.82, 2.24) is 0 Å². The number of rotatable bonds is 1. The van der Waals surface area contributed by atoms with E-state index in [1.165, 1.54) is 30.4 Å². The van der Waals surface area contributed by atoms with Crippen molar-refractivity contribution < 1.29 is 0 Å². The van der Waals surface area contributed by atoms with Crippen molar-refractivity contribution in [3.8, 4) is 0 Å². The van der Waals surface area contributed by atoms with Crippen molar-refractivity contribution in [1.29, 1.82) is 0 Å². The minimum Gasteiger partial charge on any atom is -0.0729 e. The molecule has 0 spiro atoms. The molecule has 3 rings (SSSR count). The smallest absolute Gasteiger partial charge is 0.00894 e. The Bertz CT molecular complexity index is 531. The highest BCUT2D eigenvalue weighted by atomic mass is 14.3. The Morgan fingerprint density at radius 1 is 1.06 bits per heavy atom. The van der Waals surface area contributed by atoms with Gasteiger partial charge in [-0.3, -0.25) is 0 Å². The maximum atomic E-state index is 2.56. The zero-order valence-corrected chi connectivity index (χ0v) is 11.7. The second kappa shape index (κ2) is 4.42. The standard InChI is InChI=1S/C18H22/c1-12-7-4-5-9-16(12)18-11-15-8-6-10-17(15)13(2)14(18)3/h4-5,7,9,11,14,18H,6,8,10H2,1-3H3. The van der Waals surface area contributed by atoms with Crippen LogP contribution in [0.25, 0.3) is 0 Å². The number of fused-ring (bicyclic) bond motifs is 1. The van der Waals surface area contributed by atoms with Gasteiger partial charge in [0.1, 0.15) is 0 Å². The minimum absolute atomic E-state index is 0.586. The van der Waals surface area contributed by atoms with Crippen LogP contribution in [0, 0.1) is 12.8 Å². The van der Waals surface area contributed by atoms with E-state index in [1.807, 2.05) is 0 Å². The fraction of sp³-hybridized carbons (Fsp3) is 0.444. The summed E-state index contributed by atoms with van der Waals surface area (Å²) >= 11 is 0. The lowest BCUT2D eigenvalue weighted by Gasteiger charge is -2.30. The summed E-state index contributed by atoms with van der Waals surface area (Å²) in [6.07, 6.45) is 6.51. The molecule has 2 atom stereocenters. The molecular formula is C18H22. The Morgan fingerprint density at radius 3 is 2.61 bits per heavy atom. The van der Waals surface area contributed by atoms with Gasteiger partial charge in [-0.25, -0.2) is 0 Å². The van der Waals surface area contributed by atoms with E-state index in [2.05, 4.69) is 51.1 Å². The molecule has 0 nitrogen and oxygen atoms in total. The second-order valence-corrected chi connectivity index (χ2v) is 5.88. The zero-order valence-electron chi connectivity index (χ0n) is 11.7. The summed E-state index contributed by atoms with van der Waals surface area (Å²) in [6, 6.07) is 8.87. The van der Waals surface area contributed by atoms with Crippen LogP contribution in [0.15, 0.2) is 47.1 Å². The molecule has 0 heterocycles. The largest absolute Gasteiger partial charge is 0.0729 e. The van der Waals surface area contributed by atoms with Crippen LogP contribution >= 0.6 is 0 Å². The summed E-state index contributed by atoms with van der Waals surface area (Å²) in [7, 11) is 0. The Labute approximate surface area is 110 Å².